The summed E-state index contributed by atoms with van der Waals surface area (Å²) in [4.78, 5) is 39.6. The number of fused-ring (bicyclic) bond motifs is 1. The molecule has 11 rings (SSSR count). The van der Waals surface area contributed by atoms with Gasteiger partial charge in [0.1, 0.15) is 142 Å². The summed E-state index contributed by atoms with van der Waals surface area (Å²) in [6.45, 7) is -3.78. The van der Waals surface area contributed by atoms with E-state index in [1.54, 1.807) is 0 Å². The van der Waals surface area contributed by atoms with E-state index in [0.717, 1.165) is 18.2 Å². The van der Waals surface area contributed by atoms with Crippen LogP contribution < -0.4 is 0 Å². The van der Waals surface area contributed by atoms with Crippen molar-refractivity contribution in [3.05, 3.63) is 36.5 Å². The van der Waals surface area contributed by atoms with Crippen molar-refractivity contribution in [1.82, 2.24) is 0 Å². The van der Waals surface area contributed by atoms with Gasteiger partial charge in [0.15, 0.2) is 31.5 Å². The molecule has 23 N–H and O–H groups in total. The molecule has 0 aromatic rings. The van der Waals surface area contributed by atoms with Gasteiger partial charge in [0.05, 0.1) is 92.6 Å². The number of rotatable bonds is 25. The first kappa shape index (κ1) is 89.1. The van der Waals surface area contributed by atoms with Crippen molar-refractivity contribution in [2.45, 2.75) is 329 Å². The van der Waals surface area contributed by atoms with Gasteiger partial charge in [0, 0.05) is 30.6 Å². The highest BCUT2D eigenvalue weighted by Crippen LogP contribution is 2.46. The lowest BCUT2D eigenvalue weighted by atomic mass is 9.72. The lowest BCUT2D eigenvalue weighted by Crippen LogP contribution is -2.66. The summed E-state index contributed by atoms with van der Waals surface area (Å²) in [7, 11) is 0. The number of aliphatic hydroxyl groups is 23. The zero-order chi connectivity index (χ0) is 80.8. The van der Waals surface area contributed by atoms with E-state index in [0.29, 0.717) is 19.3 Å². The lowest BCUT2D eigenvalue weighted by molar-refractivity contribution is -0.380. The first-order valence-electron chi connectivity index (χ1n) is 38.6. The zero-order valence-electron chi connectivity index (χ0n) is 61.2. The van der Waals surface area contributed by atoms with Crippen molar-refractivity contribution in [2.24, 2.45) is 29.6 Å². The van der Waals surface area contributed by atoms with Crippen LogP contribution in [0.15, 0.2) is 36.5 Å². The first-order valence-corrected chi connectivity index (χ1v) is 38.6. The minimum absolute atomic E-state index is 0.00311. The molecule has 5 aliphatic carbocycles. The van der Waals surface area contributed by atoms with Crippen LogP contribution in [-0.4, -0.2) is 401 Å². The largest absolute Gasteiger partial charge is 0.460 e. The van der Waals surface area contributed by atoms with Gasteiger partial charge in [-0.2, -0.15) is 0 Å². The van der Waals surface area contributed by atoms with Gasteiger partial charge in [-0.15, -0.1) is 0 Å². The van der Waals surface area contributed by atoms with Gasteiger partial charge in [0.25, 0.3) is 0 Å². The predicted octanol–water partition coefficient (Wildman–Crippen LogP) is -9.83. The summed E-state index contributed by atoms with van der Waals surface area (Å²) in [5, 5.41) is 249. The summed E-state index contributed by atoms with van der Waals surface area (Å²) in [6.07, 6.45) is -49.8. The summed E-state index contributed by atoms with van der Waals surface area (Å²) in [6, 6.07) is 0. The molecule has 640 valence electrons. The highest BCUT2D eigenvalue weighted by molar-refractivity contribution is 5.82. The van der Waals surface area contributed by atoms with Crippen LogP contribution in [-0.2, 0) is 80.7 Å². The molecule has 0 amide bonds. The molecular weight excluding hydrogens is 1500 g/mol. The minimum atomic E-state index is -2.19. The Labute approximate surface area is 642 Å². The minimum Gasteiger partial charge on any atom is -0.460 e. The SMILES string of the molecule is O=C(C=CC1CCC(O)C(O)C1)OC[C@H]1O[C@@H](OC2CCC(C=CC(=O)OC[C@H]3O[C@@H](OC4CC5C(CC(O)CC5O[C@@H]5O[C@H](CO)[C@@H](O)[C@H](O)[C@H]5O)OC4C4CCC(O)C(O)C4)[C@H](O[C@@H]4O[C@H](COC(=O)C=CC5CCC(O)C(O[C@@H]6O[C@H](CO)[C@@H](O)[C@H](O)[C@H]6O)C5)[C@@H](O)[C@H](O)[C@H]4O)[C@@H](O)[C@@H]3O)CC2O)[C@H](O)[C@@H](O)[C@@H]1O. The Hall–Kier alpha value is -3.73. The van der Waals surface area contributed by atoms with Crippen LogP contribution in [0.2, 0.25) is 0 Å². The molecule has 11 aliphatic rings. The Morgan fingerprint density at radius 1 is 0.304 bits per heavy atom. The second-order valence-electron chi connectivity index (χ2n) is 31.6. The van der Waals surface area contributed by atoms with E-state index in [1.807, 2.05) is 0 Å². The van der Waals surface area contributed by atoms with Crippen LogP contribution in [0.4, 0.5) is 0 Å². The maximum Gasteiger partial charge on any atom is 0.330 e. The van der Waals surface area contributed by atoms with Crippen LogP contribution >= 0.6 is 0 Å². The van der Waals surface area contributed by atoms with E-state index in [9.17, 15) is 132 Å². The van der Waals surface area contributed by atoms with Crippen LogP contribution in [0.1, 0.15) is 96.3 Å². The average Bonchev–Trinajstić information content (AvgIpc) is 0.763. The van der Waals surface area contributed by atoms with E-state index in [1.165, 1.54) is 18.2 Å². The summed E-state index contributed by atoms with van der Waals surface area (Å²) >= 11 is 0. The van der Waals surface area contributed by atoms with E-state index in [2.05, 4.69) is 0 Å². The smallest absolute Gasteiger partial charge is 0.330 e. The topological polar surface area (TPSA) is 646 Å². The van der Waals surface area contributed by atoms with Gasteiger partial charge < -0.3 is 184 Å². The summed E-state index contributed by atoms with van der Waals surface area (Å²) in [5.41, 5.74) is 0. The van der Waals surface area contributed by atoms with E-state index in [4.69, 9.17) is 66.3 Å². The van der Waals surface area contributed by atoms with Crippen molar-refractivity contribution in [1.29, 1.82) is 0 Å². The first-order chi connectivity index (χ1) is 53.3. The van der Waals surface area contributed by atoms with Crippen LogP contribution in [0.3, 0.4) is 0 Å². The molecule has 40 heteroatoms. The highest BCUT2D eigenvalue weighted by atomic mass is 16.8. The highest BCUT2D eigenvalue weighted by Gasteiger charge is 2.58. The molecule has 0 aromatic carbocycles. The van der Waals surface area contributed by atoms with Gasteiger partial charge in [-0.05, 0) is 114 Å². The third kappa shape index (κ3) is 21.5. The van der Waals surface area contributed by atoms with Gasteiger partial charge in [-0.1, -0.05) is 18.2 Å². The fraction of sp³-hybridized carbons (Fsp3) is 0.875. The van der Waals surface area contributed by atoms with Crippen molar-refractivity contribution < 1.29 is 198 Å². The Kier molecular flexibility index (Phi) is 31.7. The third-order valence-corrected chi connectivity index (χ3v) is 23.8. The molecule has 6 saturated heterocycles. The molecule has 0 aromatic heterocycles. The molecule has 0 bridgehead atoms. The lowest BCUT2D eigenvalue weighted by Gasteiger charge is -2.53. The molecule has 6 aliphatic heterocycles. The van der Waals surface area contributed by atoms with Crippen molar-refractivity contribution >= 4 is 17.9 Å². The van der Waals surface area contributed by atoms with Crippen molar-refractivity contribution in [3.8, 4) is 0 Å². The maximum atomic E-state index is 13.6. The van der Waals surface area contributed by atoms with Gasteiger partial charge >= 0.3 is 17.9 Å². The quantitative estimate of drug-likeness (QED) is 0.0229. The van der Waals surface area contributed by atoms with Crippen LogP contribution in [0.25, 0.3) is 0 Å². The monoisotopic (exact) mass is 1620 g/mol. The molecule has 112 heavy (non-hydrogen) atoms. The van der Waals surface area contributed by atoms with Gasteiger partial charge in [-0.3, -0.25) is 0 Å². The van der Waals surface area contributed by atoms with Crippen LogP contribution in [0.5, 0.6) is 0 Å². The Morgan fingerprint density at radius 3 is 1.16 bits per heavy atom. The van der Waals surface area contributed by atoms with Crippen LogP contribution in [0, 0.1) is 29.6 Å². The number of ether oxygens (including phenoxy) is 14. The molecule has 11 fully saturated rings. The normalized spacial score (nSPS) is 49.3. The summed E-state index contributed by atoms with van der Waals surface area (Å²) in [5.74, 6) is -5.56. The van der Waals surface area contributed by atoms with Crippen molar-refractivity contribution in [3.63, 3.8) is 0 Å². The second-order valence-corrected chi connectivity index (χ2v) is 31.6. The number of carbonyl (C=O) groups is 3. The predicted molar refractivity (Wildman–Crippen MR) is 364 cm³/mol. The number of hydrogen-bond donors (Lipinski definition) is 23. The molecule has 0 radical (unpaired) electrons. The molecule has 0 spiro atoms. The summed E-state index contributed by atoms with van der Waals surface area (Å²) < 4.78 is 83.3. The van der Waals surface area contributed by atoms with E-state index in [-0.39, 0.29) is 83.0 Å². The fourth-order valence-corrected chi connectivity index (χ4v) is 16.9. The Morgan fingerprint density at radius 2 is 0.688 bits per heavy atom. The average molecular weight is 1620 g/mol. The molecular formula is C72H112O40. The number of hydrogen-bond acceptors (Lipinski definition) is 40. The number of esters is 3. The van der Waals surface area contributed by atoms with Gasteiger partial charge in [0.2, 0.25) is 0 Å². The number of carbonyl (C=O) groups excluding carboxylic acids is 3. The molecule has 18 unspecified atom stereocenters. The Balaban J connectivity index is 0.761. The second kappa shape index (κ2) is 39.9. The molecule has 43 atom stereocenters. The molecule has 40 nitrogen and oxygen atoms in total. The van der Waals surface area contributed by atoms with Crippen molar-refractivity contribution in [2.75, 3.05) is 33.0 Å². The Bertz CT molecular complexity index is 3060. The number of allylic oxidation sites excluding steroid dienone is 3. The van der Waals surface area contributed by atoms with E-state index < -0.39 is 307 Å². The zero-order valence-corrected chi connectivity index (χ0v) is 61.2. The molecule has 5 saturated carbocycles. The standard InChI is InChI=1S/C72H112O40/c73-22-44-52(85)57(90)62(95)69(107-44)104-41-20-31(75)19-40-32(41)21-43(66(102-40)30-7-10-34(77)37(80)18-30)106-72-67(112-71-65(98)60(93)55(88)47(110-71)25-100-51(84)14-6-29-2-9-35(78)42(17-29)105-70-63(96)58(91)53(86)45(23-74)108-70)61(94)56(89)48(111-72)26-101-50(83)13-5-28-3-11-39(38(81)16-28)103-68-64(97)59(92)54(87)46(109-68)24-99-49(82)12-4-27-1-8-33(76)36(79)15-27/h4-6,12-14,27-48,52-81,85-98H,1-3,7-11,15-26H2/t27?,28?,29?,30?,31?,32?,33?,34?,35?,36?,37?,38?,39?,40?,41?,42?,43?,44-,45-,46-,47-,48-,52-,53-,54-,55-,56-,57+,58+,59+,60+,61+,62-,63-,64-,65-,66?,67-,68-,69-,70-,71+,72-/m1/s1. The molecule has 6 heterocycles. The number of aliphatic hydroxyl groups excluding tert-OH is 23. The fourth-order valence-electron chi connectivity index (χ4n) is 16.9. The van der Waals surface area contributed by atoms with E-state index >= 15 is 0 Å². The third-order valence-electron chi connectivity index (χ3n) is 23.8. The maximum absolute atomic E-state index is 13.6. The van der Waals surface area contributed by atoms with Gasteiger partial charge in [-0.25, -0.2) is 14.4 Å².